The number of esters is 1. The third-order valence-corrected chi connectivity index (χ3v) is 2.43. The number of rotatable bonds is 8. The maximum atomic E-state index is 11.6. The van der Waals surface area contributed by atoms with Crippen LogP contribution in [0, 0.1) is 5.92 Å². The van der Waals surface area contributed by atoms with Crippen LogP contribution in [0.25, 0.3) is 0 Å². The van der Waals surface area contributed by atoms with E-state index in [-0.39, 0.29) is 18.6 Å². The number of hydrogen-bond acceptors (Lipinski definition) is 4. The van der Waals surface area contributed by atoms with Crippen LogP contribution in [0.3, 0.4) is 0 Å². The molecule has 4 heteroatoms. The Morgan fingerprint density at radius 1 is 1.44 bits per heavy atom. The van der Waals surface area contributed by atoms with E-state index in [9.17, 15) is 4.79 Å². The average molecular weight is 231 g/mol. The zero-order valence-electron chi connectivity index (χ0n) is 10.9. The number of nitrogens with zero attached hydrogens (tertiary/aromatic N) is 1. The second-order valence-corrected chi connectivity index (χ2v) is 4.44. The summed E-state index contributed by atoms with van der Waals surface area (Å²) >= 11 is 0. The molecule has 0 heterocycles. The molecule has 0 saturated carbocycles. The number of aliphatic hydroxyl groups is 1. The molecule has 0 saturated heterocycles. The fourth-order valence-corrected chi connectivity index (χ4v) is 1.84. The number of carbonyl (C=O) groups excluding carboxylic acids is 1. The molecule has 0 rings (SSSR count). The molecule has 0 spiro atoms. The quantitative estimate of drug-likeness (QED) is 0.639. The maximum Gasteiger partial charge on any atom is 0.323 e. The van der Waals surface area contributed by atoms with Gasteiger partial charge < -0.3 is 9.84 Å². The predicted octanol–water partition coefficient (Wildman–Crippen LogP) is 1.28. The van der Waals surface area contributed by atoms with Crippen molar-refractivity contribution in [3.05, 3.63) is 0 Å². The van der Waals surface area contributed by atoms with Gasteiger partial charge in [0.2, 0.25) is 0 Å². The molecule has 0 aliphatic heterocycles. The van der Waals surface area contributed by atoms with E-state index in [1.165, 1.54) is 7.11 Å². The Kier molecular flexibility index (Phi) is 8.21. The summed E-state index contributed by atoms with van der Waals surface area (Å²) in [6.45, 7) is 8.05. The zero-order valence-corrected chi connectivity index (χ0v) is 10.9. The molecule has 4 nitrogen and oxygen atoms in total. The first-order valence-corrected chi connectivity index (χ1v) is 5.99. The Labute approximate surface area is 98.6 Å². The number of aliphatic hydroxyl groups excluding tert-OH is 1. The van der Waals surface area contributed by atoms with Crippen molar-refractivity contribution < 1.29 is 14.6 Å². The summed E-state index contributed by atoms with van der Waals surface area (Å²) in [5, 5.41) is 9.00. The minimum atomic E-state index is -0.308. The van der Waals surface area contributed by atoms with Crippen LogP contribution in [0.5, 0.6) is 0 Å². The fourth-order valence-electron chi connectivity index (χ4n) is 1.84. The summed E-state index contributed by atoms with van der Waals surface area (Å²) in [5.74, 6) is 0.251. The van der Waals surface area contributed by atoms with Crippen LogP contribution >= 0.6 is 0 Å². The van der Waals surface area contributed by atoms with Gasteiger partial charge in [-0.25, -0.2) is 0 Å². The highest BCUT2D eigenvalue weighted by Crippen LogP contribution is 2.10. The topological polar surface area (TPSA) is 49.8 Å². The van der Waals surface area contributed by atoms with E-state index in [1.54, 1.807) is 0 Å². The molecule has 96 valence electrons. The van der Waals surface area contributed by atoms with Gasteiger partial charge in [0.25, 0.3) is 0 Å². The largest absolute Gasteiger partial charge is 0.468 e. The van der Waals surface area contributed by atoms with E-state index in [2.05, 4.69) is 25.7 Å². The van der Waals surface area contributed by atoms with Gasteiger partial charge in [-0.2, -0.15) is 0 Å². The Bertz CT molecular complexity index is 195. The molecule has 1 atom stereocenters. The van der Waals surface area contributed by atoms with Crippen molar-refractivity contribution in [1.82, 2.24) is 4.90 Å². The van der Waals surface area contributed by atoms with Crippen LogP contribution in [0.1, 0.15) is 33.6 Å². The number of methoxy groups -OCH3 is 1. The highest BCUT2D eigenvalue weighted by atomic mass is 16.5. The third kappa shape index (κ3) is 5.47. The second kappa shape index (κ2) is 8.53. The van der Waals surface area contributed by atoms with Gasteiger partial charge in [0.05, 0.1) is 7.11 Å². The van der Waals surface area contributed by atoms with E-state index in [1.807, 2.05) is 0 Å². The van der Waals surface area contributed by atoms with Crippen molar-refractivity contribution in [2.24, 2.45) is 5.92 Å². The van der Waals surface area contributed by atoms with E-state index in [4.69, 9.17) is 9.84 Å². The zero-order chi connectivity index (χ0) is 12.6. The molecule has 0 aromatic carbocycles. The number of carbonyl (C=O) groups is 1. The molecule has 0 aliphatic carbocycles. The highest BCUT2D eigenvalue weighted by molar-refractivity contribution is 5.75. The van der Waals surface area contributed by atoms with Gasteiger partial charge in [0.1, 0.15) is 6.04 Å². The molecule has 1 unspecified atom stereocenters. The Morgan fingerprint density at radius 3 is 2.44 bits per heavy atom. The minimum absolute atomic E-state index is 0.0120. The smallest absolute Gasteiger partial charge is 0.323 e. The number of ether oxygens (including phenoxy) is 1. The third-order valence-electron chi connectivity index (χ3n) is 2.43. The summed E-state index contributed by atoms with van der Waals surface area (Å²) < 4.78 is 4.78. The van der Waals surface area contributed by atoms with Crippen molar-refractivity contribution in [2.45, 2.75) is 39.7 Å². The van der Waals surface area contributed by atoms with Gasteiger partial charge in [-0.3, -0.25) is 9.69 Å². The second-order valence-electron chi connectivity index (χ2n) is 4.44. The van der Waals surface area contributed by atoms with Gasteiger partial charge in [-0.1, -0.05) is 20.8 Å². The first kappa shape index (κ1) is 15.4. The van der Waals surface area contributed by atoms with Crippen molar-refractivity contribution in [3.63, 3.8) is 0 Å². The molecule has 16 heavy (non-hydrogen) atoms. The fraction of sp³-hybridized carbons (Fsp3) is 0.917. The SMILES string of the molecule is CCCN(CC(C)C)C(CCO)C(=O)OC. The lowest BCUT2D eigenvalue weighted by molar-refractivity contribution is -0.147. The van der Waals surface area contributed by atoms with Crippen LogP contribution in [-0.4, -0.2) is 48.8 Å². The van der Waals surface area contributed by atoms with E-state index < -0.39 is 0 Å². The first-order valence-electron chi connectivity index (χ1n) is 5.99. The van der Waals surface area contributed by atoms with Gasteiger partial charge in [0.15, 0.2) is 0 Å². The molecular weight excluding hydrogens is 206 g/mol. The predicted molar refractivity (Wildman–Crippen MR) is 64.2 cm³/mol. The van der Waals surface area contributed by atoms with Crippen LogP contribution < -0.4 is 0 Å². The summed E-state index contributed by atoms with van der Waals surface area (Å²) in [6, 6.07) is -0.308. The van der Waals surface area contributed by atoms with Crippen LogP contribution in [0.4, 0.5) is 0 Å². The molecule has 1 N–H and O–H groups in total. The lowest BCUT2D eigenvalue weighted by Crippen LogP contribution is -2.44. The van der Waals surface area contributed by atoms with Crippen LogP contribution in [0.15, 0.2) is 0 Å². The minimum Gasteiger partial charge on any atom is -0.468 e. The normalized spacial score (nSPS) is 13.2. The molecule has 0 radical (unpaired) electrons. The summed E-state index contributed by atoms with van der Waals surface area (Å²) in [6.07, 6.45) is 1.44. The molecule has 0 fully saturated rings. The van der Waals surface area contributed by atoms with Gasteiger partial charge in [-0.05, 0) is 25.3 Å². The average Bonchev–Trinajstić information content (AvgIpc) is 2.23. The van der Waals surface area contributed by atoms with Crippen molar-refractivity contribution in [1.29, 1.82) is 0 Å². The first-order chi connectivity index (χ1) is 7.56. The van der Waals surface area contributed by atoms with Crippen molar-refractivity contribution in [3.8, 4) is 0 Å². The molecule has 0 aromatic rings. The number of hydrogen-bond donors (Lipinski definition) is 1. The van der Waals surface area contributed by atoms with Crippen LogP contribution in [0.2, 0.25) is 0 Å². The van der Waals surface area contributed by atoms with Gasteiger partial charge in [0, 0.05) is 13.2 Å². The maximum absolute atomic E-state index is 11.6. The molecular formula is C12H25NO3. The van der Waals surface area contributed by atoms with E-state index >= 15 is 0 Å². The molecule has 0 aliphatic rings. The standard InChI is InChI=1S/C12H25NO3/c1-5-7-13(9-10(2)3)11(6-8-14)12(15)16-4/h10-11,14H,5-9H2,1-4H3. The van der Waals surface area contributed by atoms with Gasteiger partial charge in [-0.15, -0.1) is 0 Å². The van der Waals surface area contributed by atoms with Crippen molar-refractivity contribution in [2.75, 3.05) is 26.8 Å². The summed E-state index contributed by atoms with van der Waals surface area (Å²) in [4.78, 5) is 13.7. The van der Waals surface area contributed by atoms with Crippen LogP contribution in [-0.2, 0) is 9.53 Å². The van der Waals surface area contributed by atoms with Crippen molar-refractivity contribution >= 4 is 5.97 Å². The molecule has 0 aromatic heterocycles. The Balaban J connectivity index is 4.57. The monoisotopic (exact) mass is 231 g/mol. The van der Waals surface area contributed by atoms with Gasteiger partial charge >= 0.3 is 5.97 Å². The lowest BCUT2D eigenvalue weighted by atomic mass is 10.1. The highest BCUT2D eigenvalue weighted by Gasteiger charge is 2.25. The Morgan fingerprint density at radius 2 is 2.06 bits per heavy atom. The van der Waals surface area contributed by atoms with E-state index in [0.717, 1.165) is 19.5 Å². The molecule has 0 bridgehead atoms. The lowest BCUT2D eigenvalue weighted by Gasteiger charge is -2.30. The Hall–Kier alpha value is -0.610. The van der Waals surface area contributed by atoms with E-state index in [0.29, 0.717) is 12.3 Å². The molecule has 0 amide bonds. The summed E-state index contributed by atoms with van der Waals surface area (Å²) in [5.41, 5.74) is 0. The summed E-state index contributed by atoms with van der Waals surface area (Å²) in [7, 11) is 1.40.